The third-order valence-electron chi connectivity index (χ3n) is 4.72. The fourth-order valence-electron chi connectivity index (χ4n) is 3.17. The highest BCUT2D eigenvalue weighted by Crippen LogP contribution is 2.27. The normalized spacial score (nSPS) is 13.9. The van der Waals surface area contributed by atoms with Crippen molar-refractivity contribution in [3.05, 3.63) is 65.2 Å². The van der Waals surface area contributed by atoms with Crippen LogP contribution in [-0.4, -0.2) is 46.5 Å². The van der Waals surface area contributed by atoms with Crippen molar-refractivity contribution in [2.75, 3.05) is 12.0 Å². The monoisotopic (exact) mass is 411 g/mol. The number of carbonyl (C=O) groups excluding carboxylic acids is 4. The van der Waals surface area contributed by atoms with Crippen molar-refractivity contribution in [2.45, 2.75) is 25.8 Å². The standard InChI is InChI=1S/C22H21NO5S/c1-3-19(24)14-8-10-15(11-9-14)28-22(27)18(12-13-29-2)23-20(25)16-6-4-5-7-17(16)21(23)26/h4-11,18H,3,12-13H2,1-2H3. The van der Waals surface area contributed by atoms with Gasteiger partial charge < -0.3 is 4.74 Å². The van der Waals surface area contributed by atoms with E-state index in [4.69, 9.17) is 4.74 Å². The lowest BCUT2D eigenvalue weighted by Gasteiger charge is -2.24. The number of fused-ring (bicyclic) bond motifs is 1. The average molecular weight is 411 g/mol. The summed E-state index contributed by atoms with van der Waals surface area (Å²) in [6, 6.07) is 11.8. The molecule has 0 bridgehead atoms. The number of hydrogen-bond donors (Lipinski definition) is 0. The number of ether oxygens (including phenoxy) is 1. The molecular weight excluding hydrogens is 390 g/mol. The van der Waals surface area contributed by atoms with Gasteiger partial charge in [-0.05, 0) is 54.8 Å². The summed E-state index contributed by atoms with van der Waals surface area (Å²) in [7, 11) is 0. The summed E-state index contributed by atoms with van der Waals surface area (Å²) in [6.07, 6.45) is 2.56. The topological polar surface area (TPSA) is 80.8 Å². The van der Waals surface area contributed by atoms with Crippen molar-refractivity contribution in [3.8, 4) is 5.75 Å². The summed E-state index contributed by atoms with van der Waals surface area (Å²) in [5, 5.41) is 0. The van der Waals surface area contributed by atoms with Crippen molar-refractivity contribution < 1.29 is 23.9 Å². The van der Waals surface area contributed by atoms with Gasteiger partial charge in [-0.15, -0.1) is 0 Å². The Bertz CT molecular complexity index is 919. The third kappa shape index (κ3) is 4.24. The Hall–Kier alpha value is -2.93. The van der Waals surface area contributed by atoms with Crippen molar-refractivity contribution in [1.29, 1.82) is 0 Å². The molecule has 6 nitrogen and oxygen atoms in total. The fraction of sp³-hybridized carbons (Fsp3) is 0.273. The molecule has 0 saturated heterocycles. The molecule has 1 unspecified atom stereocenters. The molecule has 150 valence electrons. The first-order valence-electron chi connectivity index (χ1n) is 9.28. The number of amides is 2. The minimum absolute atomic E-state index is 0.00764. The molecule has 0 aromatic heterocycles. The van der Waals surface area contributed by atoms with Gasteiger partial charge in [0.25, 0.3) is 11.8 Å². The zero-order valence-corrected chi connectivity index (χ0v) is 17.0. The summed E-state index contributed by atoms with van der Waals surface area (Å²) >= 11 is 1.51. The van der Waals surface area contributed by atoms with E-state index in [1.165, 1.54) is 23.9 Å². The number of nitrogens with zero attached hydrogens (tertiary/aromatic N) is 1. The smallest absolute Gasteiger partial charge is 0.334 e. The summed E-state index contributed by atoms with van der Waals surface area (Å²) < 4.78 is 5.44. The molecule has 0 N–H and O–H groups in total. The molecule has 1 heterocycles. The van der Waals surface area contributed by atoms with E-state index in [1.54, 1.807) is 43.3 Å². The van der Waals surface area contributed by atoms with E-state index in [-0.39, 0.29) is 18.0 Å². The number of ketones is 1. The molecule has 7 heteroatoms. The van der Waals surface area contributed by atoms with E-state index in [0.29, 0.717) is 28.9 Å². The van der Waals surface area contributed by atoms with Crippen LogP contribution < -0.4 is 4.74 Å². The second-order valence-corrected chi connectivity index (χ2v) is 7.53. The van der Waals surface area contributed by atoms with E-state index in [9.17, 15) is 19.2 Å². The molecule has 0 aliphatic carbocycles. The van der Waals surface area contributed by atoms with Crippen LogP contribution in [0.5, 0.6) is 5.75 Å². The first-order chi connectivity index (χ1) is 14.0. The number of rotatable bonds is 8. The van der Waals surface area contributed by atoms with E-state index in [1.807, 2.05) is 6.26 Å². The van der Waals surface area contributed by atoms with E-state index in [0.717, 1.165) is 4.90 Å². The predicted molar refractivity (Wildman–Crippen MR) is 110 cm³/mol. The Kier molecular flexibility index (Phi) is 6.49. The highest BCUT2D eigenvalue weighted by molar-refractivity contribution is 7.98. The van der Waals surface area contributed by atoms with E-state index in [2.05, 4.69) is 0 Å². The lowest BCUT2D eigenvalue weighted by Crippen LogP contribution is -2.47. The van der Waals surface area contributed by atoms with Crippen LogP contribution in [0.25, 0.3) is 0 Å². The molecular formula is C22H21NO5S. The number of esters is 1. The average Bonchev–Trinajstić information content (AvgIpc) is 2.99. The van der Waals surface area contributed by atoms with Gasteiger partial charge in [0.2, 0.25) is 0 Å². The lowest BCUT2D eigenvalue weighted by molar-refractivity contribution is -0.138. The molecule has 2 aromatic rings. The number of imide groups is 1. The second-order valence-electron chi connectivity index (χ2n) is 6.55. The van der Waals surface area contributed by atoms with Gasteiger partial charge in [-0.3, -0.25) is 19.3 Å². The number of hydrogen-bond acceptors (Lipinski definition) is 6. The zero-order valence-electron chi connectivity index (χ0n) is 16.2. The minimum atomic E-state index is -1.02. The summed E-state index contributed by atoms with van der Waals surface area (Å²) in [5.74, 6) is -0.824. The van der Waals surface area contributed by atoms with Gasteiger partial charge in [-0.25, -0.2) is 4.79 Å². The molecule has 1 atom stereocenters. The highest BCUT2D eigenvalue weighted by Gasteiger charge is 2.43. The molecule has 0 spiro atoms. The molecule has 1 aliphatic heterocycles. The van der Waals surface area contributed by atoms with Crippen molar-refractivity contribution in [3.63, 3.8) is 0 Å². The zero-order chi connectivity index (χ0) is 21.0. The van der Waals surface area contributed by atoms with Crippen molar-refractivity contribution >= 4 is 35.3 Å². The van der Waals surface area contributed by atoms with Crippen LogP contribution in [-0.2, 0) is 4.79 Å². The van der Waals surface area contributed by atoms with Gasteiger partial charge in [-0.2, -0.15) is 11.8 Å². The van der Waals surface area contributed by atoms with Gasteiger partial charge in [0.15, 0.2) is 5.78 Å². The molecule has 0 fully saturated rings. The predicted octanol–water partition coefficient (Wildman–Crippen LogP) is 3.60. The largest absolute Gasteiger partial charge is 0.425 e. The molecule has 3 rings (SSSR count). The van der Waals surface area contributed by atoms with Crippen molar-refractivity contribution in [1.82, 2.24) is 4.90 Å². The number of benzene rings is 2. The Morgan fingerprint density at radius 1 is 1.00 bits per heavy atom. The molecule has 0 saturated carbocycles. The second kappa shape index (κ2) is 9.05. The Labute approximate surface area is 173 Å². The molecule has 2 amide bonds. The third-order valence-corrected chi connectivity index (χ3v) is 5.36. The number of Topliss-reactive ketones (excluding diaryl/α,β-unsaturated/α-hetero) is 1. The number of thioether (sulfide) groups is 1. The summed E-state index contributed by atoms with van der Waals surface area (Å²) in [4.78, 5) is 51.2. The minimum Gasteiger partial charge on any atom is -0.425 e. The van der Waals surface area contributed by atoms with Crippen LogP contribution in [0.4, 0.5) is 0 Å². The number of carbonyl (C=O) groups is 4. The van der Waals surface area contributed by atoms with Gasteiger partial charge in [-0.1, -0.05) is 19.1 Å². The summed E-state index contributed by atoms with van der Waals surface area (Å²) in [5.41, 5.74) is 1.12. The van der Waals surface area contributed by atoms with Gasteiger partial charge in [0, 0.05) is 12.0 Å². The molecule has 2 aromatic carbocycles. The fourth-order valence-corrected chi connectivity index (χ4v) is 3.63. The van der Waals surface area contributed by atoms with Crippen LogP contribution in [0.1, 0.15) is 50.8 Å². The Morgan fingerprint density at radius 3 is 2.10 bits per heavy atom. The van der Waals surface area contributed by atoms with E-state index < -0.39 is 23.8 Å². The maximum Gasteiger partial charge on any atom is 0.334 e. The SMILES string of the molecule is CCC(=O)c1ccc(OC(=O)C(CCSC)N2C(=O)c3ccccc3C2=O)cc1. The Balaban J connectivity index is 1.82. The lowest BCUT2D eigenvalue weighted by atomic mass is 10.1. The van der Waals surface area contributed by atoms with Crippen LogP contribution in [0.15, 0.2) is 48.5 Å². The molecule has 0 radical (unpaired) electrons. The first-order valence-corrected chi connectivity index (χ1v) is 10.7. The van der Waals surface area contributed by atoms with Gasteiger partial charge in [0.05, 0.1) is 11.1 Å². The molecule has 29 heavy (non-hydrogen) atoms. The Morgan fingerprint density at radius 2 is 1.59 bits per heavy atom. The van der Waals surface area contributed by atoms with Crippen LogP contribution >= 0.6 is 11.8 Å². The van der Waals surface area contributed by atoms with Crippen LogP contribution in [0.3, 0.4) is 0 Å². The highest BCUT2D eigenvalue weighted by atomic mass is 32.2. The first kappa shape index (κ1) is 20.8. The van der Waals surface area contributed by atoms with Crippen LogP contribution in [0.2, 0.25) is 0 Å². The van der Waals surface area contributed by atoms with Crippen LogP contribution in [0, 0.1) is 0 Å². The quantitative estimate of drug-likeness (QED) is 0.286. The molecule has 1 aliphatic rings. The van der Waals surface area contributed by atoms with Crippen molar-refractivity contribution in [2.24, 2.45) is 0 Å². The maximum atomic E-state index is 12.9. The van der Waals surface area contributed by atoms with E-state index >= 15 is 0 Å². The van der Waals surface area contributed by atoms with Gasteiger partial charge >= 0.3 is 5.97 Å². The maximum absolute atomic E-state index is 12.9. The van der Waals surface area contributed by atoms with Gasteiger partial charge in [0.1, 0.15) is 11.8 Å². The summed E-state index contributed by atoms with van der Waals surface area (Å²) in [6.45, 7) is 1.77.